The van der Waals surface area contributed by atoms with Gasteiger partial charge in [0.1, 0.15) is 25.5 Å². The monoisotopic (exact) mass is 654 g/mol. The Morgan fingerprint density at radius 1 is 0.809 bits per heavy atom. The molecule has 0 aliphatic carbocycles. The van der Waals surface area contributed by atoms with E-state index in [1.165, 1.54) is 18.7 Å². The Hall–Kier alpha value is -3.51. The second-order valence-corrected chi connectivity index (χ2v) is 12.7. The minimum atomic E-state index is -1.09. The molecule has 2 heterocycles. The Morgan fingerprint density at radius 3 is 2.04 bits per heavy atom. The molecule has 0 saturated carbocycles. The van der Waals surface area contributed by atoms with Crippen LogP contribution in [0.15, 0.2) is 60.7 Å². The van der Waals surface area contributed by atoms with Crippen LogP contribution in [0.2, 0.25) is 0 Å². The van der Waals surface area contributed by atoms with Crippen LogP contribution in [-0.4, -0.2) is 72.6 Å². The number of rotatable bonds is 12. The molecule has 2 amide bonds. The molecule has 0 aromatic heterocycles. The van der Waals surface area contributed by atoms with Crippen LogP contribution in [0, 0.1) is 17.8 Å². The molecule has 0 bridgehead atoms. The average Bonchev–Trinajstić information content (AvgIpc) is 3.05. The summed E-state index contributed by atoms with van der Waals surface area (Å²) in [5.74, 6) is -0.197. The Balaban J connectivity index is 1.54. The smallest absolute Gasteiger partial charge is 0.412 e. The second-order valence-electron chi connectivity index (χ2n) is 12.7. The van der Waals surface area contributed by atoms with E-state index >= 15 is 0 Å². The lowest BCUT2D eigenvalue weighted by molar-refractivity contribution is -0.326. The molecule has 4 rings (SSSR count). The maximum Gasteiger partial charge on any atom is 0.412 e. The number of benzene rings is 2. The molecule has 11 nitrogen and oxygen atoms in total. The van der Waals surface area contributed by atoms with E-state index in [0.717, 1.165) is 17.5 Å². The zero-order valence-corrected chi connectivity index (χ0v) is 28.5. The number of esters is 1. The molecule has 0 spiro atoms. The summed E-state index contributed by atoms with van der Waals surface area (Å²) in [6, 6.07) is 17.9. The van der Waals surface area contributed by atoms with E-state index in [0.29, 0.717) is 11.8 Å². The highest BCUT2D eigenvalue weighted by atomic mass is 16.7. The number of carbonyl (C=O) groups is 3. The molecule has 2 aliphatic heterocycles. The highest BCUT2D eigenvalue weighted by molar-refractivity contribution is 5.73. The van der Waals surface area contributed by atoms with Crippen molar-refractivity contribution in [2.75, 3.05) is 6.73 Å². The van der Waals surface area contributed by atoms with Crippen molar-refractivity contribution in [3.63, 3.8) is 0 Å². The highest BCUT2D eigenvalue weighted by Gasteiger charge is 2.51. The molecule has 2 fully saturated rings. The highest BCUT2D eigenvalue weighted by Crippen LogP contribution is 2.39. The summed E-state index contributed by atoms with van der Waals surface area (Å²) >= 11 is 0. The lowest BCUT2D eigenvalue weighted by Crippen LogP contribution is -2.66. The van der Waals surface area contributed by atoms with E-state index in [2.05, 4.69) is 33.0 Å². The van der Waals surface area contributed by atoms with Gasteiger partial charge in [0.2, 0.25) is 5.91 Å². The molecular weight excluding hydrogens is 604 g/mol. The van der Waals surface area contributed by atoms with E-state index in [9.17, 15) is 14.4 Å². The summed E-state index contributed by atoms with van der Waals surface area (Å²) in [6.07, 6.45) is -3.79. The molecule has 47 heavy (non-hydrogen) atoms. The van der Waals surface area contributed by atoms with Gasteiger partial charge in [-0.2, -0.15) is 0 Å². The van der Waals surface area contributed by atoms with Gasteiger partial charge in [-0.25, -0.2) is 4.79 Å². The van der Waals surface area contributed by atoms with E-state index in [1.54, 1.807) is 6.92 Å². The Bertz CT molecular complexity index is 1290. The van der Waals surface area contributed by atoms with Crippen LogP contribution >= 0.6 is 0 Å². The first-order chi connectivity index (χ1) is 22.5. The third kappa shape index (κ3) is 9.76. The average molecular weight is 655 g/mol. The van der Waals surface area contributed by atoms with Gasteiger partial charge in [0.25, 0.3) is 0 Å². The number of carbonyl (C=O) groups excluding carboxylic acids is 3. The summed E-state index contributed by atoms with van der Waals surface area (Å²) in [7, 11) is 0. The van der Waals surface area contributed by atoms with Crippen molar-refractivity contribution in [3.8, 4) is 0 Å². The first-order valence-corrected chi connectivity index (χ1v) is 16.5. The van der Waals surface area contributed by atoms with Crippen molar-refractivity contribution in [1.29, 1.82) is 0 Å². The first-order valence-electron chi connectivity index (χ1n) is 16.5. The fourth-order valence-electron chi connectivity index (χ4n) is 6.25. The Labute approximate surface area is 278 Å². The maximum atomic E-state index is 13.3. The summed E-state index contributed by atoms with van der Waals surface area (Å²) in [4.78, 5) is 39.7. The van der Waals surface area contributed by atoms with Gasteiger partial charge in [0.05, 0.1) is 18.8 Å². The lowest BCUT2D eigenvalue weighted by Gasteiger charge is -2.49. The predicted octanol–water partition coefficient (Wildman–Crippen LogP) is 5.41. The molecule has 4 unspecified atom stereocenters. The second kappa shape index (κ2) is 17.1. The van der Waals surface area contributed by atoms with Crippen molar-refractivity contribution in [3.05, 3.63) is 71.8 Å². The molecular formula is C36H50N2O9. The molecule has 1 N–H and O–H groups in total. The molecule has 2 aliphatic rings. The normalized spacial score (nSPS) is 30.6. The first kappa shape index (κ1) is 36.3. The summed E-state index contributed by atoms with van der Waals surface area (Å²) < 4.78 is 37.0. The van der Waals surface area contributed by atoms with E-state index in [4.69, 9.17) is 28.4 Å². The quantitative estimate of drug-likeness (QED) is 0.237. The third-order valence-electron chi connectivity index (χ3n) is 9.21. The van der Waals surface area contributed by atoms with Crippen LogP contribution in [0.5, 0.6) is 0 Å². The van der Waals surface area contributed by atoms with E-state index in [1.807, 2.05) is 60.7 Å². The molecule has 2 aromatic carbocycles. The van der Waals surface area contributed by atoms with Gasteiger partial charge >= 0.3 is 12.1 Å². The molecule has 258 valence electrons. The van der Waals surface area contributed by atoms with Crippen LogP contribution in [0.25, 0.3) is 0 Å². The summed E-state index contributed by atoms with van der Waals surface area (Å²) in [5, 5.41) is 2.85. The van der Waals surface area contributed by atoms with Crippen molar-refractivity contribution in [2.45, 2.75) is 111 Å². The Kier molecular flexibility index (Phi) is 13.2. The Morgan fingerprint density at radius 2 is 1.45 bits per heavy atom. The van der Waals surface area contributed by atoms with Crippen molar-refractivity contribution >= 4 is 18.0 Å². The zero-order chi connectivity index (χ0) is 34.1. The van der Waals surface area contributed by atoms with Gasteiger partial charge in [-0.1, -0.05) is 88.4 Å². The van der Waals surface area contributed by atoms with Crippen LogP contribution in [0.3, 0.4) is 0 Å². The summed E-state index contributed by atoms with van der Waals surface area (Å²) in [6.45, 7) is 13.1. The van der Waals surface area contributed by atoms with Gasteiger partial charge in [-0.15, -0.1) is 0 Å². The van der Waals surface area contributed by atoms with Crippen molar-refractivity contribution in [1.82, 2.24) is 10.2 Å². The molecule has 2 aromatic rings. The number of amides is 2. The number of hydrogen-bond acceptors (Lipinski definition) is 9. The number of nitrogens with zero attached hydrogens (tertiary/aromatic N) is 1. The molecule has 10 atom stereocenters. The SMILES string of the molecule is CCC1O[C@@H](O[C@@H]2C(C)O[C@@H](OCN(Cc3ccccc3)C(=O)OCc3ccccc3)C(NC(C)=O)[C@H]2OC(C)=O)C(C)[C@@H](C)[C@@H]1C. The topological polar surface area (TPSA) is 122 Å². The van der Waals surface area contributed by atoms with E-state index < -0.39 is 49.0 Å². The van der Waals surface area contributed by atoms with Gasteiger partial charge in [-0.3, -0.25) is 14.5 Å². The van der Waals surface area contributed by atoms with Crippen LogP contribution in [0.1, 0.15) is 66.0 Å². The third-order valence-corrected chi connectivity index (χ3v) is 9.21. The largest absolute Gasteiger partial charge is 0.457 e. The van der Waals surface area contributed by atoms with Crippen LogP contribution < -0.4 is 5.32 Å². The van der Waals surface area contributed by atoms with Gasteiger partial charge in [0, 0.05) is 19.8 Å². The predicted molar refractivity (Wildman–Crippen MR) is 173 cm³/mol. The lowest BCUT2D eigenvalue weighted by atomic mass is 9.78. The minimum Gasteiger partial charge on any atom is -0.457 e. The molecule has 0 radical (unpaired) electrons. The molecule has 11 heteroatoms. The fourth-order valence-corrected chi connectivity index (χ4v) is 6.25. The van der Waals surface area contributed by atoms with Crippen LogP contribution in [0.4, 0.5) is 4.79 Å². The number of hydrogen-bond donors (Lipinski definition) is 1. The number of ether oxygens (including phenoxy) is 6. The van der Waals surface area contributed by atoms with Crippen molar-refractivity contribution < 1.29 is 42.8 Å². The van der Waals surface area contributed by atoms with E-state index in [-0.39, 0.29) is 37.8 Å². The zero-order valence-electron chi connectivity index (χ0n) is 28.5. The standard InChI is InChI=1S/C36H50N2O9/c1-8-30-23(3)22(2)24(4)34(46-30)47-32-25(5)44-35(31(37-26(6)39)33(32)45-27(7)40)43-21-38(19-28-15-11-9-12-16-28)36(41)42-20-29-17-13-10-14-18-29/h9-18,22-25,30-35H,8,19-21H2,1-7H3,(H,37,39)/t22-,23-,24?,25?,30?,31?,32+,33+,34-,35+/m0/s1. The minimum absolute atomic E-state index is 0.0117. The molecule has 2 saturated heterocycles. The maximum absolute atomic E-state index is 13.3. The van der Waals surface area contributed by atoms with Gasteiger partial charge < -0.3 is 33.7 Å². The van der Waals surface area contributed by atoms with Gasteiger partial charge in [-0.05, 0) is 36.3 Å². The summed E-state index contributed by atoms with van der Waals surface area (Å²) in [5.41, 5.74) is 1.71. The van der Waals surface area contributed by atoms with Crippen LogP contribution in [-0.2, 0) is 51.2 Å². The van der Waals surface area contributed by atoms with Gasteiger partial charge in [0.15, 0.2) is 18.7 Å². The van der Waals surface area contributed by atoms with Crippen molar-refractivity contribution in [2.24, 2.45) is 17.8 Å². The fraction of sp³-hybridized carbons (Fsp3) is 0.583. The number of nitrogens with one attached hydrogen (secondary N) is 1.